The van der Waals surface area contributed by atoms with Crippen molar-refractivity contribution in [2.45, 2.75) is 13.3 Å². The quantitative estimate of drug-likeness (QED) is 0.411. The second-order valence-corrected chi connectivity index (χ2v) is 7.62. The molecule has 29 heavy (non-hydrogen) atoms. The number of carbonyl (C=O) groups is 1. The third-order valence-electron chi connectivity index (χ3n) is 3.91. The summed E-state index contributed by atoms with van der Waals surface area (Å²) in [6, 6.07) is 16.7. The van der Waals surface area contributed by atoms with Gasteiger partial charge < -0.3 is 4.74 Å². The first-order valence-electron chi connectivity index (χ1n) is 8.92. The molecule has 0 aliphatic heterocycles. The summed E-state index contributed by atoms with van der Waals surface area (Å²) in [6.45, 7) is 2.49. The number of hydrogen-bond donors (Lipinski definition) is 1. The molecule has 2 aromatic carbocycles. The van der Waals surface area contributed by atoms with Gasteiger partial charge in [-0.3, -0.25) is 10.1 Å². The van der Waals surface area contributed by atoms with Crippen molar-refractivity contribution in [1.82, 2.24) is 4.98 Å². The lowest BCUT2D eigenvalue weighted by Gasteiger charge is -2.03. The number of ether oxygens (including phenoxy) is 1. The van der Waals surface area contributed by atoms with Gasteiger partial charge in [0.1, 0.15) is 17.4 Å². The van der Waals surface area contributed by atoms with Crippen molar-refractivity contribution in [1.29, 1.82) is 5.26 Å². The van der Waals surface area contributed by atoms with Crippen LogP contribution in [0.4, 0.5) is 5.13 Å². The predicted molar refractivity (Wildman–Crippen MR) is 116 cm³/mol. The van der Waals surface area contributed by atoms with Crippen LogP contribution in [0.25, 0.3) is 6.08 Å². The average Bonchev–Trinajstić information content (AvgIpc) is 3.14. The third kappa shape index (κ3) is 5.92. The first kappa shape index (κ1) is 20.6. The molecular weight excluding hydrogens is 406 g/mol. The molecule has 1 amide bonds. The maximum absolute atomic E-state index is 12.5. The summed E-state index contributed by atoms with van der Waals surface area (Å²) in [4.78, 5) is 17.7. The number of nitrogens with zero attached hydrogens (tertiary/aromatic N) is 2. The van der Waals surface area contributed by atoms with Gasteiger partial charge in [0.15, 0.2) is 5.13 Å². The maximum Gasteiger partial charge on any atom is 0.268 e. The highest BCUT2D eigenvalue weighted by Gasteiger charge is 2.12. The molecule has 0 fully saturated rings. The van der Waals surface area contributed by atoms with Crippen LogP contribution in [-0.4, -0.2) is 17.5 Å². The van der Waals surface area contributed by atoms with Crippen LogP contribution in [0.5, 0.6) is 5.75 Å². The molecular formula is C22H18ClN3O2S. The molecule has 0 saturated carbocycles. The molecule has 0 bridgehead atoms. The molecule has 0 saturated heterocycles. The van der Waals surface area contributed by atoms with Gasteiger partial charge in [-0.25, -0.2) is 4.98 Å². The predicted octanol–water partition coefficient (Wildman–Crippen LogP) is 5.33. The zero-order valence-electron chi connectivity index (χ0n) is 15.7. The lowest BCUT2D eigenvalue weighted by molar-refractivity contribution is -0.112. The van der Waals surface area contributed by atoms with Crippen LogP contribution < -0.4 is 10.1 Å². The summed E-state index contributed by atoms with van der Waals surface area (Å²) in [6.07, 6.45) is 3.91. The van der Waals surface area contributed by atoms with Crippen LogP contribution in [-0.2, 0) is 11.2 Å². The highest BCUT2D eigenvalue weighted by atomic mass is 35.5. The Bertz CT molecular complexity index is 1070. The van der Waals surface area contributed by atoms with E-state index in [0.29, 0.717) is 23.2 Å². The Morgan fingerprint density at radius 2 is 2.10 bits per heavy atom. The smallest absolute Gasteiger partial charge is 0.268 e. The number of anilines is 1. The largest absolute Gasteiger partial charge is 0.494 e. The van der Waals surface area contributed by atoms with Gasteiger partial charge in [0.05, 0.1) is 6.61 Å². The van der Waals surface area contributed by atoms with Crippen LogP contribution in [0.2, 0.25) is 5.02 Å². The Balaban J connectivity index is 1.66. The normalized spacial score (nSPS) is 11.0. The number of hydrogen-bond acceptors (Lipinski definition) is 5. The second-order valence-electron chi connectivity index (χ2n) is 6.06. The Morgan fingerprint density at radius 1 is 1.31 bits per heavy atom. The van der Waals surface area contributed by atoms with E-state index >= 15 is 0 Å². The number of nitriles is 1. The van der Waals surface area contributed by atoms with E-state index in [1.807, 2.05) is 37.3 Å². The highest BCUT2D eigenvalue weighted by Crippen LogP contribution is 2.23. The van der Waals surface area contributed by atoms with Gasteiger partial charge in [-0.1, -0.05) is 35.9 Å². The second kappa shape index (κ2) is 9.87. The first-order chi connectivity index (χ1) is 14.1. The fraction of sp³-hybridized carbons (Fsp3) is 0.136. The number of amides is 1. The zero-order chi connectivity index (χ0) is 20.6. The molecule has 1 N–H and O–H groups in total. The standard InChI is InChI=1S/C22H18ClN3O2S/c1-2-28-19-8-6-15(7-9-19)10-17(13-24)21(27)26-22-25-14-20(29-22)12-16-4-3-5-18(23)11-16/h3-11,14H,2,12H2,1H3,(H,25,26,27)/b17-10+. The molecule has 0 unspecified atom stereocenters. The molecule has 3 rings (SSSR count). The van der Waals surface area contributed by atoms with Gasteiger partial charge in [-0.2, -0.15) is 5.26 Å². The van der Waals surface area contributed by atoms with E-state index in [9.17, 15) is 10.1 Å². The van der Waals surface area contributed by atoms with Gasteiger partial charge in [0.25, 0.3) is 5.91 Å². The minimum absolute atomic E-state index is 0.000695. The lowest BCUT2D eigenvalue weighted by Crippen LogP contribution is -2.13. The lowest BCUT2D eigenvalue weighted by atomic mass is 10.1. The monoisotopic (exact) mass is 423 g/mol. The molecule has 3 aromatic rings. The molecule has 1 aromatic heterocycles. The maximum atomic E-state index is 12.5. The number of rotatable bonds is 7. The first-order valence-corrected chi connectivity index (χ1v) is 10.1. The van der Waals surface area contributed by atoms with Gasteiger partial charge in [0, 0.05) is 22.5 Å². The van der Waals surface area contributed by atoms with E-state index in [1.54, 1.807) is 30.5 Å². The SMILES string of the molecule is CCOc1ccc(/C=C(\C#N)C(=O)Nc2ncc(Cc3cccc(Cl)c3)s2)cc1. The number of thiazole rings is 1. The fourth-order valence-corrected chi connectivity index (χ4v) is 3.66. The molecule has 0 radical (unpaired) electrons. The zero-order valence-corrected chi connectivity index (χ0v) is 17.3. The topological polar surface area (TPSA) is 75.0 Å². The number of halogens is 1. The molecule has 1 heterocycles. The third-order valence-corrected chi connectivity index (χ3v) is 5.06. The van der Waals surface area contributed by atoms with Crippen molar-refractivity contribution in [2.75, 3.05) is 11.9 Å². The molecule has 0 spiro atoms. The van der Waals surface area contributed by atoms with E-state index in [2.05, 4.69) is 10.3 Å². The number of carbonyl (C=O) groups excluding carboxylic acids is 1. The van der Waals surface area contributed by atoms with E-state index < -0.39 is 5.91 Å². The van der Waals surface area contributed by atoms with E-state index in [-0.39, 0.29) is 5.57 Å². The summed E-state index contributed by atoms with van der Waals surface area (Å²) in [5, 5.41) is 13.2. The Labute approximate surface area is 178 Å². The summed E-state index contributed by atoms with van der Waals surface area (Å²) in [7, 11) is 0. The molecule has 0 atom stereocenters. The van der Waals surface area contributed by atoms with Crippen LogP contribution >= 0.6 is 22.9 Å². The molecule has 5 nitrogen and oxygen atoms in total. The summed E-state index contributed by atoms with van der Waals surface area (Å²) in [5.41, 5.74) is 1.80. The fourth-order valence-electron chi connectivity index (χ4n) is 2.60. The molecule has 7 heteroatoms. The van der Waals surface area contributed by atoms with Gasteiger partial charge in [0.2, 0.25) is 0 Å². The Kier molecular flexibility index (Phi) is 7.01. The number of benzene rings is 2. The molecule has 0 aliphatic carbocycles. The van der Waals surface area contributed by atoms with E-state index in [0.717, 1.165) is 21.8 Å². The summed E-state index contributed by atoms with van der Waals surface area (Å²) < 4.78 is 5.39. The minimum atomic E-state index is -0.495. The summed E-state index contributed by atoms with van der Waals surface area (Å²) >= 11 is 7.38. The minimum Gasteiger partial charge on any atom is -0.494 e. The van der Waals surface area contributed by atoms with E-state index in [1.165, 1.54) is 17.4 Å². The summed E-state index contributed by atoms with van der Waals surface area (Å²) in [5.74, 6) is 0.243. The van der Waals surface area contributed by atoms with Gasteiger partial charge in [-0.05, 0) is 48.4 Å². The van der Waals surface area contributed by atoms with Crippen molar-refractivity contribution >= 4 is 40.1 Å². The van der Waals surface area contributed by atoms with Crippen LogP contribution in [0.1, 0.15) is 22.9 Å². The van der Waals surface area contributed by atoms with Crippen molar-refractivity contribution in [2.24, 2.45) is 0 Å². The van der Waals surface area contributed by atoms with Crippen LogP contribution in [0, 0.1) is 11.3 Å². The van der Waals surface area contributed by atoms with Crippen molar-refractivity contribution in [3.63, 3.8) is 0 Å². The Morgan fingerprint density at radius 3 is 2.79 bits per heavy atom. The highest BCUT2D eigenvalue weighted by molar-refractivity contribution is 7.15. The van der Waals surface area contributed by atoms with Crippen molar-refractivity contribution in [3.05, 3.63) is 81.3 Å². The van der Waals surface area contributed by atoms with Gasteiger partial charge >= 0.3 is 0 Å². The van der Waals surface area contributed by atoms with Crippen molar-refractivity contribution in [3.8, 4) is 11.8 Å². The molecule has 146 valence electrons. The Hall–Kier alpha value is -3.14. The van der Waals surface area contributed by atoms with Crippen LogP contribution in [0.3, 0.4) is 0 Å². The van der Waals surface area contributed by atoms with Crippen LogP contribution in [0.15, 0.2) is 60.3 Å². The average molecular weight is 424 g/mol. The van der Waals surface area contributed by atoms with E-state index in [4.69, 9.17) is 16.3 Å². The number of aromatic nitrogens is 1. The van der Waals surface area contributed by atoms with Gasteiger partial charge in [-0.15, -0.1) is 11.3 Å². The molecule has 0 aliphatic rings. The van der Waals surface area contributed by atoms with Crippen molar-refractivity contribution < 1.29 is 9.53 Å². The number of nitrogens with one attached hydrogen (secondary N) is 1.